The molecule has 1 fully saturated rings. The molecule has 0 saturated carbocycles. The van der Waals surface area contributed by atoms with Crippen molar-refractivity contribution in [3.63, 3.8) is 0 Å². The number of amides is 1. The zero-order valence-corrected chi connectivity index (χ0v) is 19.0. The molecule has 1 aromatic rings. The largest absolute Gasteiger partial charge is 0.372 e. The molecule has 164 valence electrons. The first-order valence-electron chi connectivity index (χ1n) is 10.3. The fourth-order valence-electron chi connectivity index (χ4n) is 3.23. The molecule has 1 heterocycles. The zero-order valence-electron chi connectivity index (χ0n) is 18.2. The van der Waals surface area contributed by atoms with Crippen LogP contribution in [0.4, 0.5) is 11.4 Å². The first kappa shape index (κ1) is 23.6. The average molecular weight is 426 g/mol. The number of nitrogens with zero attached hydrogens (tertiary/aromatic N) is 1. The Hall–Kier alpha value is -1.64. The molecule has 7 nitrogen and oxygen atoms in total. The Balaban J connectivity index is 1.78. The monoisotopic (exact) mass is 425 g/mol. The summed E-state index contributed by atoms with van der Waals surface area (Å²) in [7, 11) is -3.33. The first-order valence-corrected chi connectivity index (χ1v) is 11.8. The molecule has 0 radical (unpaired) electrons. The highest BCUT2D eigenvalue weighted by molar-refractivity contribution is 7.90. The highest BCUT2D eigenvalue weighted by atomic mass is 32.2. The van der Waals surface area contributed by atoms with Gasteiger partial charge in [0.25, 0.3) is 0 Å². The van der Waals surface area contributed by atoms with Gasteiger partial charge in [-0.25, -0.2) is 13.1 Å². The summed E-state index contributed by atoms with van der Waals surface area (Å²) in [6.45, 7) is 11.1. The first-order chi connectivity index (χ1) is 13.5. The molecule has 0 aliphatic carbocycles. The normalized spacial score (nSPS) is 20.5. The molecule has 29 heavy (non-hydrogen) atoms. The summed E-state index contributed by atoms with van der Waals surface area (Å²) in [5.41, 5.74) is 1.84. The van der Waals surface area contributed by atoms with Crippen molar-refractivity contribution in [2.24, 2.45) is 0 Å². The van der Waals surface area contributed by atoms with Crippen LogP contribution in [0, 0.1) is 0 Å². The Morgan fingerprint density at radius 3 is 2.45 bits per heavy atom. The van der Waals surface area contributed by atoms with Crippen LogP contribution in [0.3, 0.4) is 0 Å². The summed E-state index contributed by atoms with van der Waals surface area (Å²) in [6.07, 6.45) is 1.94. The van der Waals surface area contributed by atoms with Gasteiger partial charge in [-0.3, -0.25) is 4.79 Å². The molecule has 2 N–H and O–H groups in total. The summed E-state index contributed by atoms with van der Waals surface area (Å²) in [4.78, 5) is 14.5. The number of hydrogen-bond donors (Lipinski definition) is 2. The van der Waals surface area contributed by atoms with Crippen LogP contribution in [-0.2, 0) is 19.6 Å². The maximum Gasteiger partial charge on any atom is 0.224 e. The van der Waals surface area contributed by atoms with Crippen LogP contribution >= 0.6 is 0 Å². The highest BCUT2D eigenvalue weighted by Gasteiger charge is 2.28. The molecule has 1 aromatic carbocycles. The van der Waals surface area contributed by atoms with Gasteiger partial charge in [-0.15, -0.1) is 0 Å². The van der Waals surface area contributed by atoms with E-state index >= 15 is 0 Å². The lowest BCUT2D eigenvalue weighted by molar-refractivity contribution is -0.116. The van der Waals surface area contributed by atoms with Gasteiger partial charge in [-0.2, -0.15) is 0 Å². The van der Waals surface area contributed by atoms with Crippen molar-refractivity contribution in [3.8, 4) is 0 Å². The van der Waals surface area contributed by atoms with Gasteiger partial charge in [0, 0.05) is 37.4 Å². The minimum Gasteiger partial charge on any atom is -0.372 e. The van der Waals surface area contributed by atoms with Gasteiger partial charge in [0.2, 0.25) is 15.9 Å². The average Bonchev–Trinajstić information content (AvgIpc) is 2.59. The van der Waals surface area contributed by atoms with Gasteiger partial charge in [0.15, 0.2) is 0 Å². The number of unbranched alkanes of at least 4 members (excludes halogenated alkanes) is 1. The molecule has 0 bridgehead atoms. The molecule has 2 unspecified atom stereocenters. The molecule has 0 aromatic heterocycles. The van der Waals surface area contributed by atoms with Crippen LogP contribution in [0.5, 0.6) is 0 Å². The summed E-state index contributed by atoms with van der Waals surface area (Å²) < 4.78 is 31.5. The number of anilines is 2. The second-order valence-corrected chi connectivity index (χ2v) is 11.2. The maximum atomic E-state index is 12.2. The molecular weight excluding hydrogens is 390 g/mol. The lowest BCUT2D eigenvalue weighted by Gasteiger charge is -2.37. The summed E-state index contributed by atoms with van der Waals surface area (Å²) >= 11 is 0. The fourth-order valence-corrected chi connectivity index (χ4v) is 4.07. The van der Waals surface area contributed by atoms with Crippen molar-refractivity contribution in [2.75, 3.05) is 29.9 Å². The molecule has 1 aliphatic rings. The summed E-state index contributed by atoms with van der Waals surface area (Å²) in [5.74, 6) is -0.0652. The smallest absolute Gasteiger partial charge is 0.224 e. The third kappa shape index (κ3) is 7.28. The molecule has 2 rings (SSSR count). The van der Waals surface area contributed by atoms with Gasteiger partial charge >= 0.3 is 0 Å². The van der Waals surface area contributed by atoms with E-state index in [0.717, 1.165) is 24.5 Å². The van der Waals surface area contributed by atoms with Gasteiger partial charge in [-0.1, -0.05) is 6.07 Å². The lowest BCUT2D eigenvalue weighted by atomic mass is 10.2. The van der Waals surface area contributed by atoms with E-state index in [-0.39, 0.29) is 18.1 Å². The number of ether oxygens (including phenoxy) is 1. The number of benzene rings is 1. The van der Waals surface area contributed by atoms with Crippen molar-refractivity contribution < 1.29 is 17.9 Å². The van der Waals surface area contributed by atoms with E-state index < -0.39 is 14.8 Å². The Morgan fingerprint density at radius 1 is 1.17 bits per heavy atom. The lowest BCUT2D eigenvalue weighted by Crippen LogP contribution is -2.45. The minimum absolute atomic E-state index is 0.0652. The van der Waals surface area contributed by atoms with Gasteiger partial charge in [0.1, 0.15) is 0 Å². The Bertz CT molecular complexity index is 779. The van der Waals surface area contributed by atoms with E-state index in [1.807, 2.05) is 24.3 Å². The molecular formula is C21H35N3O4S. The topological polar surface area (TPSA) is 87.7 Å². The van der Waals surface area contributed by atoms with Crippen molar-refractivity contribution in [1.82, 2.24) is 4.72 Å². The summed E-state index contributed by atoms with van der Waals surface area (Å²) in [6, 6.07) is 7.85. The van der Waals surface area contributed by atoms with E-state index in [4.69, 9.17) is 4.74 Å². The SMILES string of the molecule is CC1CN(c2cccc(NC(=O)CCCCNS(=O)(=O)C(C)(C)C)c2)CC(C)O1. The molecule has 1 aliphatic heterocycles. The quantitative estimate of drug-likeness (QED) is 0.625. The molecule has 1 saturated heterocycles. The Labute approximate surface area is 175 Å². The van der Waals surface area contributed by atoms with Crippen molar-refractivity contribution in [1.29, 1.82) is 0 Å². The Morgan fingerprint density at radius 2 is 1.83 bits per heavy atom. The third-order valence-electron chi connectivity index (χ3n) is 4.84. The van der Waals surface area contributed by atoms with E-state index in [1.165, 1.54) is 0 Å². The minimum atomic E-state index is -3.33. The standard InChI is InChI=1S/C21H35N3O4S/c1-16-14-24(15-17(2)28-16)19-10-8-9-18(13-19)23-20(25)11-6-7-12-22-29(26,27)21(3,4)5/h8-10,13,16-17,22H,6-7,11-12,14-15H2,1-5H3,(H,23,25). The van der Waals surface area contributed by atoms with Gasteiger partial charge in [-0.05, 0) is 65.7 Å². The van der Waals surface area contributed by atoms with Gasteiger partial charge in [0.05, 0.1) is 17.0 Å². The number of hydrogen-bond acceptors (Lipinski definition) is 5. The molecule has 8 heteroatoms. The van der Waals surface area contributed by atoms with Crippen molar-refractivity contribution in [3.05, 3.63) is 24.3 Å². The highest BCUT2D eigenvalue weighted by Crippen LogP contribution is 2.23. The number of sulfonamides is 1. The number of carbonyl (C=O) groups is 1. The summed E-state index contributed by atoms with van der Waals surface area (Å²) in [5, 5.41) is 2.94. The predicted octanol–water partition coefficient (Wildman–Crippen LogP) is 3.13. The number of nitrogens with one attached hydrogen (secondary N) is 2. The molecule has 0 spiro atoms. The second-order valence-electron chi connectivity index (χ2n) is 8.73. The number of rotatable bonds is 8. The van der Waals surface area contributed by atoms with Crippen LogP contribution in [-0.4, -0.2) is 50.9 Å². The van der Waals surface area contributed by atoms with Crippen LogP contribution < -0.4 is 14.9 Å². The molecule has 2 atom stereocenters. The van der Waals surface area contributed by atoms with Crippen LogP contribution in [0.25, 0.3) is 0 Å². The predicted molar refractivity (Wildman–Crippen MR) is 118 cm³/mol. The van der Waals surface area contributed by atoms with Gasteiger partial charge < -0.3 is 15.0 Å². The van der Waals surface area contributed by atoms with Crippen molar-refractivity contribution >= 4 is 27.3 Å². The fraction of sp³-hybridized carbons (Fsp3) is 0.667. The third-order valence-corrected chi connectivity index (χ3v) is 7.04. The maximum absolute atomic E-state index is 12.2. The second kappa shape index (κ2) is 9.91. The number of morpholine rings is 1. The van der Waals surface area contributed by atoms with E-state index in [0.29, 0.717) is 25.8 Å². The van der Waals surface area contributed by atoms with E-state index in [9.17, 15) is 13.2 Å². The number of carbonyl (C=O) groups excluding carboxylic acids is 1. The van der Waals surface area contributed by atoms with Crippen LogP contribution in [0.15, 0.2) is 24.3 Å². The van der Waals surface area contributed by atoms with Crippen LogP contribution in [0.1, 0.15) is 53.9 Å². The molecule has 1 amide bonds. The van der Waals surface area contributed by atoms with Crippen molar-refractivity contribution in [2.45, 2.75) is 70.8 Å². The zero-order chi connectivity index (χ0) is 21.7. The van der Waals surface area contributed by atoms with E-state index in [2.05, 4.69) is 28.8 Å². The van der Waals surface area contributed by atoms with E-state index in [1.54, 1.807) is 20.8 Å². The van der Waals surface area contributed by atoms with Crippen LogP contribution in [0.2, 0.25) is 0 Å². The Kier molecular flexibility index (Phi) is 8.08.